The van der Waals surface area contributed by atoms with Crippen LogP contribution in [0.4, 0.5) is 5.69 Å². The lowest BCUT2D eigenvalue weighted by molar-refractivity contribution is -0.115. The van der Waals surface area contributed by atoms with Crippen LogP contribution >= 0.6 is 27.7 Å². The standard InChI is InChI=1S/C16H18BrN3O2S/c1-9(2)13-8-14(21)20-16(19-13)23-10(3)15(22)18-12-6-4-11(17)5-7-12/h4-10H,1-3H3,(H,18,22)(H,19,20,21). The van der Waals surface area contributed by atoms with Crippen molar-refractivity contribution in [3.63, 3.8) is 0 Å². The van der Waals surface area contributed by atoms with Gasteiger partial charge < -0.3 is 10.3 Å². The van der Waals surface area contributed by atoms with Crippen molar-refractivity contribution < 1.29 is 4.79 Å². The first kappa shape index (κ1) is 17.7. The molecule has 0 fully saturated rings. The summed E-state index contributed by atoms with van der Waals surface area (Å²) in [7, 11) is 0. The zero-order valence-electron chi connectivity index (χ0n) is 13.1. The highest BCUT2D eigenvalue weighted by molar-refractivity contribution is 9.10. The molecular formula is C16H18BrN3O2S. The van der Waals surface area contributed by atoms with E-state index in [0.717, 1.165) is 15.9 Å². The fourth-order valence-corrected chi connectivity index (χ4v) is 2.89. The number of carbonyl (C=O) groups excluding carboxylic acids is 1. The van der Waals surface area contributed by atoms with Crippen LogP contribution in [0.1, 0.15) is 32.4 Å². The van der Waals surface area contributed by atoms with E-state index in [1.54, 1.807) is 6.92 Å². The third kappa shape index (κ3) is 5.21. The summed E-state index contributed by atoms with van der Waals surface area (Å²) >= 11 is 4.58. The first-order valence-corrected chi connectivity index (χ1v) is 8.87. The Bertz CT molecular complexity index is 744. The van der Waals surface area contributed by atoms with Gasteiger partial charge in [0.2, 0.25) is 5.91 Å². The molecule has 1 aromatic carbocycles. The highest BCUT2D eigenvalue weighted by Gasteiger charge is 2.17. The van der Waals surface area contributed by atoms with Crippen LogP contribution in [0.3, 0.4) is 0 Å². The average Bonchev–Trinajstić information content (AvgIpc) is 2.48. The Hall–Kier alpha value is -1.60. The normalized spacial score (nSPS) is 12.2. The molecule has 1 unspecified atom stereocenters. The first-order chi connectivity index (χ1) is 10.8. The predicted octanol–water partition coefficient (Wildman–Crippen LogP) is 3.78. The van der Waals surface area contributed by atoms with Crippen molar-refractivity contribution in [1.82, 2.24) is 9.97 Å². The molecule has 0 aliphatic rings. The fraction of sp³-hybridized carbons (Fsp3) is 0.312. The van der Waals surface area contributed by atoms with Gasteiger partial charge in [-0.2, -0.15) is 0 Å². The second kappa shape index (κ2) is 7.79. The number of aromatic amines is 1. The number of thioether (sulfide) groups is 1. The van der Waals surface area contributed by atoms with Crippen LogP contribution in [0, 0.1) is 0 Å². The van der Waals surface area contributed by atoms with E-state index >= 15 is 0 Å². The van der Waals surface area contributed by atoms with Gasteiger partial charge in [-0.25, -0.2) is 4.98 Å². The van der Waals surface area contributed by atoms with Crippen LogP contribution in [0.25, 0.3) is 0 Å². The van der Waals surface area contributed by atoms with Gasteiger partial charge in [0.25, 0.3) is 5.56 Å². The summed E-state index contributed by atoms with van der Waals surface area (Å²) in [5.41, 5.74) is 1.24. The molecule has 2 rings (SSSR count). The summed E-state index contributed by atoms with van der Waals surface area (Å²) in [5.74, 6) is 0.0125. The molecular weight excluding hydrogens is 378 g/mol. The van der Waals surface area contributed by atoms with Gasteiger partial charge in [0.1, 0.15) is 0 Å². The van der Waals surface area contributed by atoms with Gasteiger partial charge >= 0.3 is 0 Å². The third-order valence-electron chi connectivity index (χ3n) is 3.10. The van der Waals surface area contributed by atoms with Gasteiger partial charge in [-0.15, -0.1) is 0 Å². The maximum Gasteiger partial charge on any atom is 0.251 e. The zero-order chi connectivity index (χ0) is 17.0. The van der Waals surface area contributed by atoms with Gasteiger partial charge in [0.15, 0.2) is 5.16 Å². The van der Waals surface area contributed by atoms with Crippen LogP contribution in [-0.4, -0.2) is 21.1 Å². The van der Waals surface area contributed by atoms with E-state index in [2.05, 4.69) is 31.2 Å². The van der Waals surface area contributed by atoms with E-state index in [0.29, 0.717) is 5.16 Å². The summed E-state index contributed by atoms with van der Waals surface area (Å²) < 4.78 is 0.949. The molecule has 23 heavy (non-hydrogen) atoms. The lowest BCUT2D eigenvalue weighted by Gasteiger charge is -2.12. The topological polar surface area (TPSA) is 74.8 Å². The summed E-state index contributed by atoms with van der Waals surface area (Å²) in [6.07, 6.45) is 0. The molecule has 1 atom stereocenters. The molecule has 0 aliphatic heterocycles. The maximum atomic E-state index is 12.2. The van der Waals surface area contributed by atoms with E-state index in [1.807, 2.05) is 38.1 Å². The lowest BCUT2D eigenvalue weighted by atomic mass is 10.1. The monoisotopic (exact) mass is 395 g/mol. The van der Waals surface area contributed by atoms with E-state index in [1.165, 1.54) is 17.8 Å². The molecule has 5 nitrogen and oxygen atoms in total. The van der Waals surface area contributed by atoms with Crippen molar-refractivity contribution in [2.75, 3.05) is 5.32 Å². The molecule has 2 aromatic rings. The number of carbonyl (C=O) groups is 1. The zero-order valence-corrected chi connectivity index (χ0v) is 15.5. The predicted molar refractivity (Wildman–Crippen MR) is 97.0 cm³/mol. The molecule has 122 valence electrons. The molecule has 1 amide bonds. The summed E-state index contributed by atoms with van der Waals surface area (Å²) in [6.45, 7) is 5.72. The molecule has 0 radical (unpaired) electrons. The molecule has 0 spiro atoms. The van der Waals surface area contributed by atoms with Crippen molar-refractivity contribution in [3.8, 4) is 0 Å². The molecule has 0 saturated carbocycles. The third-order valence-corrected chi connectivity index (χ3v) is 4.61. The van der Waals surface area contributed by atoms with E-state index in [4.69, 9.17) is 0 Å². The van der Waals surface area contributed by atoms with Crippen LogP contribution < -0.4 is 10.9 Å². The number of anilines is 1. The minimum atomic E-state index is -0.385. The van der Waals surface area contributed by atoms with Crippen LogP contribution in [0.15, 0.2) is 44.8 Å². The maximum absolute atomic E-state index is 12.2. The van der Waals surface area contributed by atoms with Crippen molar-refractivity contribution in [2.24, 2.45) is 0 Å². The van der Waals surface area contributed by atoms with Crippen LogP contribution in [0.5, 0.6) is 0 Å². The van der Waals surface area contributed by atoms with Gasteiger partial charge in [-0.05, 0) is 37.1 Å². The number of rotatable bonds is 5. The number of benzene rings is 1. The number of hydrogen-bond acceptors (Lipinski definition) is 4. The second-order valence-corrected chi connectivity index (χ2v) is 7.63. The quantitative estimate of drug-likeness (QED) is 0.596. The van der Waals surface area contributed by atoms with Crippen LogP contribution in [0.2, 0.25) is 0 Å². The number of H-pyrrole nitrogens is 1. The Labute approximate surface area is 147 Å². The van der Waals surface area contributed by atoms with Gasteiger partial charge in [0.05, 0.1) is 10.9 Å². The molecule has 0 saturated heterocycles. The first-order valence-electron chi connectivity index (χ1n) is 7.19. The number of amides is 1. The number of aromatic nitrogens is 2. The summed E-state index contributed by atoms with van der Waals surface area (Å²) in [4.78, 5) is 31.0. The minimum absolute atomic E-state index is 0.144. The van der Waals surface area contributed by atoms with Gasteiger partial charge in [-0.1, -0.05) is 41.5 Å². The second-order valence-electron chi connectivity index (χ2n) is 5.39. The Morgan fingerprint density at radius 3 is 2.52 bits per heavy atom. The largest absolute Gasteiger partial charge is 0.325 e. The Kier molecular flexibility index (Phi) is 6.01. The van der Waals surface area contributed by atoms with E-state index in [-0.39, 0.29) is 22.6 Å². The number of nitrogens with one attached hydrogen (secondary N) is 2. The molecule has 1 heterocycles. The van der Waals surface area contributed by atoms with Crippen molar-refractivity contribution in [1.29, 1.82) is 0 Å². The summed E-state index contributed by atoms with van der Waals surface area (Å²) in [6, 6.07) is 8.84. The highest BCUT2D eigenvalue weighted by atomic mass is 79.9. The Balaban J connectivity index is 2.06. The Morgan fingerprint density at radius 2 is 1.91 bits per heavy atom. The highest BCUT2D eigenvalue weighted by Crippen LogP contribution is 2.22. The lowest BCUT2D eigenvalue weighted by Crippen LogP contribution is -2.23. The number of halogens is 1. The molecule has 7 heteroatoms. The molecule has 1 aromatic heterocycles. The van der Waals surface area contributed by atoms with Crippen molar-refractivity contribution in [3.05, 3.63) is 50.9 Å². The molecule has 2 N–H and O–H groups in total. The smallest absolute Gasteiger partial charge is 0.251 e. The van der Waals surface area contributed by atoms with Crippen LogP contribution in [-0.2, 0) is 4.79 Å². The molecule has 0 bridgehead atoms. The van der Waals surface area contributed by atoms with Crippen molar-refractivity contribution >= 4 is 39.3 Å². The van der Waals surface area contributed by atoms with E-state index < -0.39 is 0 Å². The summed E-state index contributed by atoms with van der Waals surface area (Å²) in [5, 5.41) is 2.91. The number of nitrogens with zero attached hydrogens (tertiary/aromatic N) is 1. The Morgan fingerprint density at radius 1 is 1.26 bits per heavy atom. The molecule has 0 aliphatic carbocycles. The minimum Gasteiger partial charge on any atom is -0.325 e. The fourth-order valence-electron chi connectivity index (χ4n) is 1.80. The average molecular weight is 396 g/mol. The van der Waals surface area contributed by atoms with Gasteiger partial charge in [-0.3, -0.25) is 9.59 Å². The van der Waals surface area contributed by atoms with Crippen molar-refractivity contribution in [2.45, 2.75) is 37.1 Å². The van der Waals surface area contributed by atoms with Gasteiger partial charge in [0, 0.05) is 16.2 Å². The van der Waals surface area contributed by atoms with E-state index in [9.17, 15) is 9.59 Å². The SMILES string of the molecule is CC(Sc1nc(C(C)C)cc(=O)[nH]1)C(=O)Nc1ccc(Br)cc1. The number of hydrogen-bond donors (Lipinski definition) is 2.